The van der Waals surface area contributed by atoms with Gasteiger partial charge in [0.2, 0.25) is 0 Å². The molecule has 5 aromatic rings. The Morgan fingerprint density at radius 3 is 2.63 bits per heavy atom. The molecule has 0 spiro atoms. The maximum Gasteiger partial charge on any atom is 0.273 e. The molecule has 0 saturated heterocycles. The van der Waals surface area contributed by atoms with E-state index in [0.29, 0.717) is 29.0 Å². The highest BCUT2D eigenvalue weighted by atomic mass is 19.1. The van der Waals surface area contributed by atoms with Gasteiger partial charge in [-0.2, -0.15) is 0 Å². The Morgan fingerprint density at radius 2 is 1.86 bits per heavy atom. The second kappa shape index (κ2) is 9.42. The van der Waals surface area contributed by atoms with E-state index in [1.165, 1.54) is 30.5 Å². The van der Waals surface area contributed by atoms with Crippen molar-refractivity contribution in [2.24, 2.45) is 0 Å². The molecule has 6 nitrogen and oxygen atoms in total. The van der Waals surface area contributed by atoms with Gasteiger partial charge in [-0.15, -0.1) is 0 Å². The molecule has 3 aromatic heterocycles. The van der Waals surface area contributed by atoms with Gasteiger partial charge in [-0.05, 0) is 67.3 Å². The Balaban J connectivity index is 1.41. The lowest BCUT2D eigenvalue weighted by molar-refractivity contribution is 0.101. The summed E-state index contributed by atoms with van der Waals surface area (Å²) >= 11 is 0. The van der Waals surface area contributed by atoms with E-state index in [4.69, 9.17) is 0 Å². The highest BCUT2D eigenvalue weighted by molar-refractivity contribution is 6.01. The number of amides is 1. The third-order valence-corrected chi connectivity index (χ3v) is 5.78. The summed E-state index contributed by atoms with van der Waals surface area (Å²) < 4.78 is 29.2. The summed E-state index contributed by atoms with van der Waals surface area (Å²) in [7, 11) is 0. The lowest BCUT2D eigenvalue weighted by Gasteiger charge is -2.10. The monoisotopic (exact) mass is 469 g/mol. The molecule has 1 N–H and O–H groups in total. The lowest BCUT2D eigenvalue weighted by Crippen LogP contribution is -2.23. The number of aromatic nitrogens is 4. The van der Waals surface area contributed by atoms with Gasteiger partial charge in [-0.3, -0.25) is 19.9 Å². The molecule has 0 radical (unpaired) electrons. The predicted octanol–water partition coefficient (Wildman–Crippen LogP) is 5.25. The largest absolute Gasteiger partial charge is 0.273 e. The predicted molar refractivity (Wildman–Crippen MR) is 129 cm³/mol. The Kier molecular flexibility index (Phi) is 6.01. The second-order valence-electron chi connectivity index (χ2n) is 8.19. The topological polar surface area (TPSA) is 72.7 Å². The molecule has 0 atom stereocenters. The lowest BCUT2D eigenvalue weighted by atomic mass is 10.1. The van der Waals surface area contributed by atoms with E-state index in [-0.39, 0.29) is 17.2 Å². The molecule has 0 saturated carbocycles. The van der Waals surface area contributed by atoms with Crippen LogP contribution in [-0.4, -0.2) is 25.5 Å². The summed E-state index contributed by atoms with van der Waals surface area (Å²) in [5.74, 6) is -0.811. The summed E-state index contributed by atoms with van der Waals surface area (Å²) in [4.78, 5) is 25.9. The number of nitrogens with zero attached hydrogens (tertiary/aromatic N) is 4. The first-order chi connectivity index (χ1) is 17.0. The van der Waals surface area contributed by atoms with Gasteiger partial charge in [0.1, 0.15) is 11.6 Å². The molecule has 0 fully saturated rings. The fraction of sp³-hybridized carbons (Fsp3) is 0.111. The fourth-order valence-electron chi connectivity index (χ4n) is 4.01. The molecule has 5 rings (SSSR count). The first kappa shape index (κ1) is 22.3. The van der Waals surface area contributed by atoms with Crippen LogP contribution in [0, 0.1) is 18.6 Å². The van der Waals surface area contributed by atoms with Crippen LogP contribution < -0.4 is 5.43 Å². The number of fused-ring (bicyclic) bond motifs is 1. The summed E-state index contributed by atoms with van der Waals surface area (Å²) in [6, 6.07) is 14.3. The van der Waals surface area contributed by atoms with Crippen LogP contribution in [0.1, 0.15) is 27.2 Å². The van der Waals surface area contributed by atoms with Gasteiger partial charge in [0.25, 0.3) is 5.91 Å². The highest BCUT2D eigenvalue weighted by Gasteiger charge is 2.16. The summed E-state index contributed by atoms with van der Waals surface area (Å²) in [5, 5.41) is 0.726. The van der Waals surface area contributed by atoms with Crippen molar-refractivity contribution in [3.05, 3.63) is 113 Å². The Morgan fingerprint density at radius 1 is 1.00 bits per heavy atom. The van der Waals surface area contributed by atoms with Crippen LogP contribution in [0.3, 0.4) is 0 Å². The minimum absolute atomic E-state index is 0.283. The minimum atomic E-state index is -0.409. The molecule has 174 valence electrons. The fourth-order valence-corrected chi connectivity index (χ4v) is 4.01. The summed E-state index contributed by atoms with van der Waals surface area (Å²) in [6.45, 7) is 1.70. The average Bonchev–Trinajstić information content (AvgIpc) is 3.19. The molecule has 2 aromatic carbocycles. The molecular weight excluding hydrogens is 448 g/mol. The van der Waals surface area contributed by atoms with Crippen molar-refractivity contribution in [3.63, 3.8) is 0 Å². The van der Waals surface area contributed by atoms with Gasteiger partial charge in [-0.1, -0.05) is 18.2 Å². The number of benzene rings is 2. The van der Waals surface area contributed by atoms with Crippen LogP contribution in [0.15, 0.2) is 79.4 Å². The first-order valence-corrected chi connectivity index (χ1v) is 11.1. The Labute approximate surface area is 200 Å². The van der Waals surface area contributed by atoms with E-state index < -0.39 is 5.91 Å². The SMILES string of the molecule is Cc1nc(-c2cccc(F)c2)ncc1C(=O)Nn1cc(CCc2cccnc2)c2cc(F)ccc21. The van der Waals surface area contributed by atoms with Gasteiger partial charge in [-0.25, -0.2) is 18.7 Å². The smallest absolute Gasteiger partial charge is 0.267 e. The van der Waals surface area contributed by atoms with E-state index in [9.17, 15) is 13.6 Å². The standard InChI is InChI=1S/C27H21F2N5O/c1-17-24(15-31-26(32-17)19-5-2-6-21(28)12-19)27(35)33-34-16-20(8-7-18-4-3-11-30-14-18)23-13-22(29)9-10-25(23)34/h2-6,9-16H,7-8H2,1H3,(H,33,35). The Bertz CT molecular complexity index is 1530. The zero-order chi connectivity index (χ0) is 24.4. The van der Waals surface area contributed by atoms with Crippen molar-refractivity contribution in [3.8, 4) is 11.4 Å². The van der Waals surface area contributed by atoms with Crippen molar-refractivity contribution in [1.82, 2.24) is 19.6 Å². The van der Waals surface area contributed by atoms with Crippen molar-refractivity contribution in [1.29, 1.82) is 0 Å². The molecule has 1 amide bonds. The number of hydrogen-bond donors (Lipinski definition) is 1. The molecule has 0 aliphatic rings. The van der Waals surface area contributed by atoms with E-state index >= 15 is 0 Å². The van der Waals surface area contributed by atoms with Crippen LogP contribution in [0.2, 0.25) is 0 Å². The first-order valence-electron chi connectivity index (χ1n) is 11.1. The number of carbonyl (C=O) groups excluding carboxylic acids is 1. The van der Waals surface area contributed by atoms with E-state index in [1.807, 2.05) is 12.1 Å². The van der Waals surface area contributed by atoms with Gasteiger partial charge in [0.15, 0.2) is 5.82 Å². The number of nitrogens with one attached hydrogen (secondary N) is 1. The van der Waals surface area contributed by atoms with Gasteiger partial charge in [0, 0.05) is 35.7 Å². The summed E-state index contributed by atoms with van der Waals surface area (Å²) in [6.07, 6.45) is 8.13. The minimum Gasteiger partial charge on any atom is -0.267 e. The number of aryl methyl sites for hydroxylation is 3. The zero-order valence-corrected chi connectivity index (χ0v) is 18.9. The van der Waals surface area contributed by atoms with Crippen LogP contribution in [0.4, 0.5) is 8.78 Å². The third-order valence-electron chi connectivity index (χ3n) is 5.78. The van der Waals surface area contributed by atoms with E-state index in [2.05, 4.69) is 20.4 Å². The van der Waals surface area contributed by atoms with Gasteiger partial charge in [0.05, 0.1) is 16.8 Å². The van der Waals surface area contributed by atoms with Crippen molar-refractivity contribution < 1.29 is 13.6 Å². The number of carbonyl (C=O) groups is 1. The quantitative estimate of drug-likeness (QED) is 0.369. The molecule has 3 heterocycles. The molecule has 0 aliphatic carbocycles. The maximum atomic E-state index is 14.0. The highest BCUT2D eigenvalue weighted by Crippen LogP contribution is 2.24. The normalized spacial score (nSPS) is 11.1. The molecule has 8 heteroatoms. The van der Waals surface area contributed by atoms with Crippen molar-refractivity contribution in [2.45, 2.75) is 19.8 Å². The average molecular weight is 469 g/mol. The van der Waals surface area contributed by atoms with Crippen molar-refractivity contribution >= 4 is 16.8 Å². The van der Waals surface area contributed by atoms with Crippen LogP contribution in [-0.2, 0) is 12.8 Å². The van der Waals surface area contributed by atoms with E-state index in [0.717, 1.165) is 22.9 Å². The van der Waals surface area contributed by atoms with Crippen LogP contribution in [0.25, 0.3) is 22.3 Å². The van der Waals surface area contributed by atoms with Crippen LogP contribution in [0.5, 0.6) is 0 Å². The zero-order valence-electron chi connectivity index (χ0n) is 18.9. The van der Waals surface area contributed by atoms with Gasteiger partial charge < -0.3 is 0 Å². The summed E-state index contributed by atoms with van der Waals surface area (Å²) in [5.41, 5.74) is 6.76. The molecule has 35 heavy (non-hydrogen) atoms. The second-order valence-corrected chi connectivity index (χ2v) is 8.19. The number of halogens is 2. The van der Waals surface area contributed by atoms with Gasteiger partial charge >= 0.3 is 0 Å². The van der Waals surface area contributed by atoms with Crippen LogP contribution >= 0.6 is 0 Å². The molecule has 0 aliphatic heterocycles. The van der Waals surface area contributed by atoms with Crippen molar-refractivity contribution in [2.75, 3.05) is 5.43 Å². The molecule has 0 unspecified atom stereocenters. The number of pyridine rings is 1. The molecule has 0 bridgehead atoms. The third kappa shape index (κ3) is 4.77. The van der Waals surface area contributed by atoms with E-state index in [1.54, 1.807) is 48.4 Å². The Hall–Kier alpha value is -4.46. The number of rotatable bonds is 6. The number of hydrogen-bond acceptors (Lipinski definition) is 4. The molecular formula is C27H21F2N5O. The maximum absolute atomic E-state index is 14.0.